The summed E-state index contributed by atoms with van der Waals surface area (Å²) in [4.78, 5) is 79.0. The molecule has 1 atom stereocenters. The first-order chi connectivity index (χ1) is 28.4. The van der Waals surface area contributed by atoms with Crippen molar-refractivity contribution < 1.29 is 29.1 Å². The third-order valence-electron chi connectivity index (χ3n) is 11.9. The Hall–Kier alpha value is -5.60. The Bertz CT molecular complexity index is 2370. The van der Waals surface area contributed by atoms with Gasteiger partial charge in [-0.05, 0) is 88.3 Å². The molecule has 2 aromatic heterocycles. The number of aliphatic hydroxyl groups is 1. The molecule has 3 fully saturated rings. The molecule has 306 valence electrons. The summed E-state index contributed by atoms with van der Waals surface area (Å²) < 4.78 is 0.935. The molecule has 1 aliphatic carbocycles. The van der Waals surface area contributed by atoms with Crippen LogP contribution in [0.15, 0.2) is 48.5 Å². The molecule has 4 aromatic rings. The first-order valence-corrected chi connectivity index (χ1v) is 21.1. The molecule has 4 N–H and O–H groups in total. The molecule has 0 spiro atoms. The van der Waals surface area contributed by atoms with Crippen LogP contribution in [0, 0.1) is 17.2 Å². The number of pyridine rings is 1. The Morgan fingerprint density at radius 2 is 1.69 bits per heavy atom. The summed E-state index contributed by atoms with van der Waals surface area (Å²) in [7, 11) is 0. The number of hydrogen-bond donors (Lipinski definition) is 4. The van der Waals surface area contributed by atoms with Crippen LogP contribution < -0.4 is 16.0 Å². The fourth-order valence-corrected chi connectivity index (χ4v) is 9.91. The summed E-state index contributed by atoms with van der Waals surface area (Å²) in [5, 5.41) is 29.8. The van der Waals surface area contributed by atoms with Gasteiger partial charge < -0.3 is 20.6 Å². The number of carbonyl (C=O) groups is 5. The summed E-state index contributed by atoms with van der Waals surface area (Å²) in [6.45, 7) is 9.64. The first kappa shape index (κ1) is 40.2. The summed E-state index contributed by atoms with van der Waals surface area (Å²) in [5.41, 5.74) is 2.00. The van der Waals surface area contributed by atoms with Gasteiger partial charge in [0, 0.05) is 75.1 Å². The topological polar surface area (TPSA) is 201 Å². The fraction of sp³-hybridized carbons (Fsp3) is 0.442. The Morgan fingerprint density at radius 3 is 2.42 bits per heavy atom. The number of piperidine rings is 1. The van der Waals surface area contributed by atoms with Gasteiger partial charge in [-0.2, -0.15) is 5.26 Å². The van der Waals surface area contributed by atoms with E-state index in [0.29, 0.717) is 35.3 Å². The lowest BCUT2D eigenvalue weighted by Gasteiger charge is -2.38. The van der Waals surface area contributed by atoms with Gasteiger partial charge in [0.25, 0.3) is 17.7 Å². The molecule has 15 nitrogen and oxygen atoms in total. The van der Waals surface area contributed by atoms with Gasteiger partial charge >= 0.3 is 0 Å². The van der Waals surface area contributed by atoms with Gasteiger partial charge in [-0.15, -0.1) is 11.3 Å². The Balaban J connectivity index is 0.808. The number of aromatic nitrogens is 2. The van der Waals surface area contributed by atoms with Crippen molar-refractivity contribution in [2.24, 2.45) is 5.92 Å². The molecule has 16 heteroatoms. The van der Waals surface area contributed by atoms with E-state index in [1.165, 1.54) is 0 Å². The van der Waals surface area contributed by atoms with Crippen molar-refractivity contribution >= 4 is 62.5 Å². The van der Waals surface area contributed by atoms with E-state index in [2.05, 4.69) is 30.7 Å². The number of fused-ring (bicyclic) bond motifs is 2. The lowest BCUT2D eigenvalue weighted by molar-refractivity contribution is -0.136. The van der Waals surface area contributed by atoms with E-state index in [4.69, 9.17) is 4.98 Å². The van der Waals surface area contributed by atoms with Crippen LogP contribution in [-0.2, 0) is 15.2 Å². The third-order valence-corrected chi connectivity index (χ3v) is 13.1. The number of nitrogens with zero attached hydrogens (tertiary/aromatic N) is 6. The number of anilines is 2. The van der Waals surface area contributed by atoms with Crippen LogP contribution in [0.5, 0.6) is 0 Å². The number of rotatable bonds is 11. The molecule has 4 aliphatic rings. The molecule has 0 bridgehead atoms. The Morgan fingerprint density at radius 1 is 0.949 bits per heavy atom. The van der Waals surface area contributed by atoms with Crippen molar-refractivity contribution in [3.05, 3.63) is 81.6 Å². The lowest BCUT2D eigenvalue weighted by atomic mass is 9.82. The largest absolute Gasteiger partial charge is 0.386 e. The minimum absolute atomic E-state index is 0.0796. The number of nitriles is 1. The maximum absolute atomic E-state index is 13.4. The highest BCUT2D eigenvalue weighted by Gasteiger charge is 2.45. The van der Waals surface area contributed by atoms with Crippen molar-refractivity contribution in [2.45, 2.75) is 69.9 Å². The highest BCUT2D eigenvalue weighted by molar-refractivity contribution is 7.18. The smallest absolute Gasteiger partial charge is 0.274 e. The van der Waals surface area contributed by atoms with Gasteiger partial charge in [0.2, 0.25) is 11.8 Å². The van der Waals surface area contributed by atoms with Gasteiger partial charge in [-0.25, -0.2) is 9.97 Å². The highest BCUT2D eigenvalue weighted by atomic mass is 32.1. The van der Waals surface area contributed by atoms with E-state index >= 15 is 0 Å². The van der Waals surface area contributed by atoms with Gasteiger partial charge in [0.05, 0.1) is 32.0 Å². The maximum atomic E-state index is 13.4. The number of nitrogens with one attached hydrogen (secondary N) is 3. The molecule has 5 amide bonds. The number of benzene rings is 2. The molecule has 5 heterocycles. The molecule has 2 aromatic carbocycles. The molecule has 0 radical (unpaired) electrons. The van der Waals surface area contributed by atoms with E-state index < -0.39 is 41.2 Å². The SMILES string of the molecule is CC(C)(O)c1cc2nc(C3CCC(CN4CCN(CCNc5cccc6c5C(=O)N(C5CCC(=O)NC5=O)C6=O)CC4)CC3)sc2cc1NC(=O)c1cccc(C#N)n1. The van der Waals surface area contributed by atoms with E-state index in [0.717, 1.165) is 85.1 Å². The van der Waals surface area contributed by atoms with Crippen LogP contribution in [-0.4, -0.2) is 111 Å². The second-order valence-corrected chi connectivity index (χ2v) is 17.5. The van der Waals surface area contributed by atoms with Crippen LogP contribution in [0.4, 0.5) is 11.4 Å². The number of thiazole rings is 1. The number of carbonyl (C=O) groups excluding carboxylic acids is 5. The van der Waals surface area contributed by atoms with Crippen LogP contribution >= 0.6 is 11.3 Å². The predicted molar refractivity (Wildman–Crippen MR) is 221 cm³/mol. The molecular formula is C43H47N9O6S. The fourth-order valence-electron chi connectivity index (χ4n) is 8.75. The second kappa shape index (κ2) is 16.6. The van der Waals surface area contributed by atoms with Gasteiger partial charge in [-0.3, -0.25) is 39.1 Å². The normalized spacial score (nSPS) is 21.7. The average molecular weight is 818 g/mol. The molecule has 3 aliphatic heterocycles. The summed E-state index contributed by atoms with van der Waals surface area (Å²) >= 11 is 1.64. The van der Waals surface area contributed by atoms with Crippen molar-refractivity contribution in [2.75, 3.05) is 56.4 Å². The summed E-state index contributed by atoms with van der Waals surface area (Å²) in [6, 6.07) is 14.5. The molecule has 8 rings (SSSR count). The lowest BCUT2D eigenvalue weighted by Crippen LogP contribution is -2.54. The van der Waals surface area contributed by atoms with Crippen molar-refractivity contribution in [1.82, 2.24) is 30.0 Å². The summed E-state index contributed by atoms with van der Waals surface area (Å²) in [6.07, 6.45) is 4.56. The maximum Gasteiger partial charge on any atom is 0.274 e. The first-order valence-electron chi connectivity index (χ1n) is 20.2. The number of hydrogen-bond acceptors (Lipinski definition) is 13. The minimum atomic E-state index is -1.24. The van der Waals surface area contributed by atoms with Crippen LogP contribution in [0.3, 0.4) is 0 Å². The molecular weight excluding hydrogens is 771 g/mol. The van der Waals surface area contributed by atoms with Crippen LogP contribution in [0.1, 0.15) is 106 Å². The molecule has 59 heavy (non-hydrogen) atoms. The zero-order chi connectivity index (χ0) is 41.4. The Kier molecular flexibility index (Phi) is 11.3. The zero-order valence-corrected chi connectivity index (χ0v) is 33.9. The monoisotopic (exact) mass is 817 g/mol. The molecule has 1 unspecified atom stereocenters. The quantitative estimate of drug-likeness (QED) is 0.155. The molecule has 2 saturated heterocycles. The summed E-state index contributed by atoms with van der Waals surface area (Å²) in [5.74, 6) is -1.53. The van der Waals surface area contributed by atoms with Gasteiger partial charge in [0.15, 0.2) is 0 Å². The standard InChI is InChI=1S/C43H47N9O6S/c1-43(2,58)29-21-33-35(22-32(29)47-38(54)31-8-3-5-27(23-44)46-31)59-40(48-33)26-11-9-25(10-12-26)24-51-19-17-50(18-20-51)16-15-45-30-7-4-6-28-37(30)42(57)52(41(28)56)34-13-14-36(53)49-39(34)55/h3-8,21-22,25-26,34,45,58H,9-20,24H2,1-2H3,(H,47,54)(H,49,53,55). The Labute approximate surface area is 345 Å². The zero-order valence-electron chi connectivity index (χ0n) is 33.1. The van der Waals surface area contributed by atoms with E-state index in [1.807, 2.05) is 18.2 Å². The minimum Gasteiger partial charge on any atom is -0.386 e. The average Bonchev–Trinajstić information content (AvgIpc) is 3.75. The third kappa shape index (κ3) is 8.46. The van der Waals surface area contributed by atoms with Crippen molar-refractivity contribution in [3.63, 3.8) is 0 Å². The second-order valence-electron chi connectivity index (χ2n) is 16.4. The number of amides is 5. The number of imide groups is 2. The predicted octanol–water partition coefficient (Wildman–Crippen LogP) is 4.45. The van der Waals surface area contributed by atoms with Gasteiger partial charge in [-0.1, -0.05) is 12.1 Å². The van der Waals surface area contributed by atoms with Crippen molar-refractivity contribution in [3.8, 4) is 6.07 Å². The van der Waals surface area contributed by atoms with Crippen molar-refractivity contribution in [1.29, 1.82) is 5.26 Å². The van der Waals surface area contributed by atoms with E-state index in [-0.39, 0.29) is 35.4 Å². The number of piperazine rings is 1. The van der Waals surface area contributed by atoms with E-state index in [1.54, 1.807) is 61.6 Å². The van der Waals surface area contributed by atoms with Crippen LogP contribution in [0.2, 0.25) is 0 Å². The van der Waals surface area contributed by atoms with Gasteiger partial charge in [0.1, 0.15) is 23.5 Å². The highest BCUT2D eigenvalue weighted by Crippen LogP contribution is 2.42. The van der Waals surface area contributed by atoms with E-state index in [9.17, 15) is 34.3 Å². The van der Waals surface area contributed by atoms with Crippen LogP contribution in [0.25, 0.3) is 10.2 Å². The molecule has 1 saturated carbocycles.